The van der Waals surface area contributed by atoms with Crippen LogP contribution < -0.4 is 5.32 Å². The van der Waals surface area contributed by atoms with Crippen LogP contribution in [0.3, 0.4) is 0 Å². The van der Waals surface area contributed by atoms with Crippen molar-refractivity contribution in [1.82, 2.24) is 5.32 Å². The SMILES string of the molecule is Cc1cc(C)cc(C(F)(F)CNC2CC2)c1. The van der Waals surface area contributed by atoms with E-state index in [2.05, 4.69) is 5.32 Å². The number of benzene rings is 1. The van der Waals surface area contributed by atoms with Crippen LogP contribution in [0, 0.1) is 13.8 Å². The fourth-order valence-corrected chi connectivity index (χ4v) is 1.85. The molecule has 0 aromatic heterocycles. The molecule has 16 heavy (non-hydrogen) atoms. The van der Waals surface area contributed by atoms with Crippen LogP contribution in [-0.4, -0.2) is 12.6 Å². The summed E-state index contributed by atoms with van der Waals surface area (Å²) in [5.74, 6) is -2.76. The molecule has 0 saturated heterocycles. The number of hydrogen-bond donors (Lipinski definition) is 1. The van der Waals surface area contributed by atoms with Gasteiger partial charge in [-0.25, -0.2) is 0 Å². The average Bonchev–Trinajstić information content (AvgIpc) is 2.96. The molecule has 2 rings (SSSR count). The Morgan fingerprint density at radius 3 is 2.25 bits per heavy atom. The Labute approximate surface area is 94.9 Å². The Morgan fingerprint density at radius 2 is 1.75 bits per heavy atom. The van der Waals surface area contributed by atoms with Gasteiger partial charge in [-0.15, -0.1) is 0 Å². The maximum Gasteiger partial charge on any atom is 0.285 e. The molecule has 1 aliphatic carbocycles. The van der Waals surface area contributed by atoms with Gasteiger partial charge in [0.25, 0.3) is 5.92 Å². The van der Waals surface area contributed by atoms with E-state index in [9.17, 15) is 8.78 Å². The van der Waals surface area contributed by atoms with E-state index in [4.69, 9.17) is 0 Å². The largest absolute Gasteiger partial charge is 0.308 e. The molecule has 1 saturated carbocycles. The van der Waals surface area contributed by atoms with Gasteiger partial charge in [-0.2, -0.15) is 8.78 Å². The minimum atomic E-state index is -2.76. The monoisotopic (exact) mass is 225 g/mol. The Morgan fingerprint density at radius 1 is 1.19 bits per heavy atom. The van der Waals surface area contributed by atoms with E-state index >= 15 is 0 Å². The Kier molecular flexibility index (Phi) is 2.98. The lowest BCUT2D eigenvalue weighted by atomic mass is 10.0. The summed E-state index contributed by atoms with van der Waals surface area (Å²) in [5.41, 5.74) is 1.90. The van der Waals surface area contributed by atoms with Gasteiger partial charge in [0.2, 0.25) is 0 Å². The first-order chi connectivity index (χ1) is 7.47. The maximum absolute atomic E-state index is 13.8. The van der Waals surface area contributed by atoms with Gasteiger partial charge >= 0.3 is 0 Å². The minimum Gasteiger partial charge on any atom is -0.308 e. The van der Waals surface area contributed by atoms with Crippen molar-refractivity contribution in [2.24, 2.45) is 0 Å². The van der Waals surface area contributed by atoms with Gasteiger partial charge in [-0.3, -0.25) is 0 Å². The van der Waals surface area contributed by atoms with Gasteiger partial charge in [-0.1, -0.05) is 29.3 Å². The molecular weight excluding hydrogens is 208 g/mol. The fraction of sp³-hybridized carbons (Fsp3) is 0.538. The highest BCUT2D eigenvalue weighted by molar-refractivity contribution is 5.31. The van der Waals surface area contributed by atoms with E-state index in [1.165, 1.54) is 0 Å². The van der Waals surface area contributed by atoms with E-state index in [1.807, 2.05) is 19.9 Å². The molecule has 3 heteroatoms. The molecule has 0 atom stereocenters. The second-order valence-corrected chi connectivity index (χ2v) is 4.74. The Hall–Kier alpha value is -0.960. The van der Waals surface area contributed by atoms with Gasteiger partial charge in [0.05, 0.1) is 6.54 Å². The highest BCUT2D eigenvalue weighted by Crippen LogP contribution is 2.30. The van der Waals surface area contributed by atoms with Crippen LogP contribution in [0.15, 0.2) is 18.2 Å². The Bertz CT molecular complexity index is 363. The highest BCUT2D eigenvalue weighted by Gasteiger charge is 2.34. The lowest BCUT2D eigenvalue weighted by molar-refractivity contribution is -0.00359. The lowest BCUT2D eigenvalue weighted by Crippen LogP contribution is -2.32. The first-order valence-electron chi connectivity index (χ1n) is 5.67. The van der Waals surface area contributed by atoms with E-state index in [0.29, 0.717) is 6.04 Å². The molecule has 0 spiro atoms. The lowest BCUT2D eigenvalue weighted by Gasteiger charge is -2.18. The first-order valence-corrected chi connectivity index (χ1v) is 5.67. The second-order valence-electron chi connectivity index (χ2n) is 4.74. The molecule has 1 N–H and O–H groups in total. The zero-order valence-corrected chi connectivity index (χ0v) is 9.69. The molecule has 0 bridgehead atoms. The standard InChI is InChI=1S/C13H17F2N/c1-9-5-10(2)7-11(6-9)13(14,15)8-16-12-3-4-12/h5-7,12,16H,3-4,8H2,1-2H3. The van der Waals surface area contributed by atoms with Crippen LogP contribution in [-0.2, 0) is 5.92 Å². The summed E-state index contributed by atoms with van der Waals surface area (Å²) in [6.45, 7) is 3.45. The van der Waals surface area contributed by atoms with Crippen LogP contribution in [0.25, 0.3) is 0 Å². The number of nitrogens with one attached hydrogen (secondary N) is 1. The van der Waals surface area contributed by atoms with Gasteiger partial charge in [-0.05, 0) is 26.7 Å². The van der Waals surface area contributed by atoms with Crippen LogP contribution in [0.5, 0.6) is 0 Å². The second kappa shape index (κ2) is 4.13. The summed E-state index contributed by atoms with van der Waals surface area (Å²) in [7, 11) is 0. The molecule has 0 aliphatic heterocycles. The number of hydrogen-bond acceptors (Lipinski definition) is 1. The maximum atomic E-state index is 13.8. The van der Waals surface area contributed by atoms with Crippen LogP contribution >= 0.6 is 0 Å². The third-order valence-electron chi connectivity index (χ3n) is 2.83. The first kappa shape index (κ1) is 11.5. The zero-order chi connectivity index (χ0) is 11.8. The average molecular weight is 225 g/mol. The molecule has 1 aliphatic rings. The van der Waals surface area contributed by atoms with Gasteiger partial charge < -0.3 is 5.32 Å². The predicted octanol–water partition coefficient (Wildman–Crippen LogP) is 3.15. The number of halogens is 2. The molecule has 0 radical (unpaired) electrons. The fourth-order valence-electron chi connectivity index (χ4n) is 1.85. The molecule has 0 amide bonds. The van der Waals surface area contributed by atoms with E-state index < -0.39 is 5.92 Å². The topological polar surface area (TPSA) is 12.0 Å². The molecule has 88 valence electrons. The summed E-state index contributed by atoms with van der Waals surface area (Å²) in [6, 6.07) is 5.37. The van der Waals surface area contributed by atoms with E-state index in [1.54, 1.807) is 12.1 Å². The molecule has 1 fully saturated rings. The van der Waals surface area contributed by atoms with Crippen LogP contribution in [0.2, 0.25) is 0 Å². The molecule has 0 heterocycles. The van der Waals surface area contributed by atoms with Crippen molar-refractivity contribution >= 4 is 0 Å². The molecular formula is C13H17F2N. The normalized spacial score (nSPS) is 16.5. The van der Waals surface area contributed by atoms with Crippen molar-refractivity contribution in [3.8, 4) is 0 Å². The summed E-state index contributed by atoms with van der Waals surface area (Å²) in [6.07, 6.45) is 2.06. The van der Waals surface area contributed by atoms with Gasteiger partial charge in [0.1, 0.15) is 0 Å². The van der Waals surface area contributed by atoms with Crippen LogP contribution in [0.1, 0.15) is 29.5 Å². The third kappa shape index (κ3) is 2.79. The van der Waals surface area contributed by atoms with Crippen LogP contribution in [0.4, 0.5) is 8.78 Å². The summed E-state index contributed by atoms with van der Waals surface area (Å²) >= 11 is 0. The quantitative estimate of drug-likeness (QED) is 0.830. The van der Waals surface area contributed by atoms with Crippen molar-refractivity contribution in [3.63, 3.8) is 0 Å². The number of alkyl halides is 2. The highest BCUT2D eigenvalue weighted by atomic mass is 19.3. The van der Waals surface area contributed by atoms with Gasteiger partial charge in [0, 0.05) is 11.6 Å². The summed E-state index contributed by atoms with van der Waals surface area (Å²) < 4.78 is 27.7. The smallest absolute Gasteiger partial charge is 0.285 e. The van der Waals surface area contributed by atoms with E-state index in [-0.39, 0.29) is 12.1 Å². The molecule has 1 nitrogen and oxygen atoms in total. The van der Waals surface area contributed by atoms with Crippen molar-refractivity contribution in [3.05, 3.63) is 34.9 Å². The minimum absolute atomic E-state index is 0.123. The predicted molar refractivity (Wildman–Crippen MR) is 60.8 cm³/mol. The molecule has 1 aromatic rings. The molecule has 1 aromatic carbocycles. The summed E-state index contributed by atoms with van der Waals surface area (Å²) in [5, 5.41) is 2.88. The zero-order valence-electron chi connectivity index (χ0n) is 9.69. The van der Waals surface area contributed by atoms with Crippen molar-refractivity contribution < 1.29 is 8.78 Å². The number of rotatable bonds is 4. The Balaban J connectivity index is 2.12. The number of aryl methyl sites for hydroxylation is 2. The van der Waals surface area contributed by atoms with E-state index in [0.717, 1.165) is 24.0 Å². The van der Waals surface area contributed by atoms with Crippen molar-refractivity contribution in [1.29, 1.82) is 0 Å². The van der Waals surface area contributed by atoms with Gasteiger partial charge in [0.15, 0.2) is 0 Å². The van der Waals surface area contributed by atoms with Crippen molar-refractivity contribution in [2.75, 3.05) is 6.54 Å². The third-order valence-corrected chi connectivity index (χ3v) is 2.83. The summed E-state index contributed by atoms with van der Waals surface area (Å²) in [4.78, 5) is 0. The van der Waals surface area contributed by atoms with Crippen molar-refractivity contribution in [2.45, 2.75) is 38.7 Å². The molecule has 0 unspecified atom stereocenters.